The van der Waals surface area contributed by atoms with Gasteiger partial charge in [-0.05, 0) is 53.5 Å². The number of fused-ring (bicyclic) bond motifs is 1. The minimum absolute atomic E-state index is 0.0150. The standard InChI is InChI=1S/C32H31F3N2O2/c1-19-9-11-21(12-10-19)29-28-25(36-24-7-5-6-8-26(24)37(29)30(39)32(33,34)35)17-22(18-27(28)38)20-13-15-23(16-14-20)31(2,3)4/h5-16,22,29,36H,17-18H2,1-4H3/t22-,29-/m0/s1. The number of hydrogen-bond acceptors (Lipinski definition) is 3. The van der Waals surface area contributed by atoms with Gasteiger partial charge in [-0.3, -0.25) is 14.5 Å². The molecule has 0 aromatic heterocycles. The summed E-state index contributed by atoms with van der Waals surface area (Å²) >= 11 is 0. The Balaban J connectivity index is 1.67. The van der Waals surface area contributed by atoms with E-state index in [1.807, 2.05) is 19.1 Å². The van der Waals surface area contributed by atoms with Crippen LogP contribution in [0.1, 0.15) is 67.8 Å². The lowest BCUT2D eigenvalue weighted by atomic mass is 9.77. The zero-order valence-corrected chi connectivity index (χ0v) is 22.4. The molecule has 0 bridgehead atoms. The average molecular weight is 533 g/mol. The fraction of sp³-hybridized carbons (Fsp3) is 0.312. The second-order valence-corrected chi connectivity index (χ2v) is 11.4. The van der Waals surface area contributed by atoms with E-state index in [1.165, 1.54) is 11.6 Å². The number of benzene rings is 3. The van der Waals surface area contributed by atoms with Crippen LogP contribution in [0.2, 0.25) is 0 Å². The van der Waals surface area contributed by atoms with Crippen molar-refractivity contribution in [3.05, 3.63) is 106 Å². The second-order valence-electron chi connectivity index (χ2n) is 11.4. The first kappa shape index (κ1) is 26.7. The van der Waals surface area contributed by atoms with Crippen molar-refractivity contribution in [2.45, 2.75) is 64.1 Å². The van der Waals surface area contributed by atoms with Crippen LogP contribution in [0.5, 0.6) is 0 Å². The number of carbonyl (C=O) groups is 2. The van der Waals surface area contributed by atoms with Gasteiger partial charge in [-0.1, -0.05) is 87.0 Å². The summed E-state index contributed by atoms with van der Waals surface area (Å²) in [6.45, 7) is 8.28. The molecule has 2 aliphatic rings. The third-order valence-corrected chi connectivity index (χ3v) is 7.59. The number of anilines is 2. The molecule has 2 atom stereocenters. The number of hydrogen-bond donors (Lipinski definition) is 1. The molecule has 0 fully saturated rings. The van der Waals surface area contributed by atoms with Gasteiger partial charge in [0.15, 0.2) is 5.78 Å². The quantitative estimate of drug-likeness (QED) is 0.367. The Hall–Kier alpha value is -3.87. The van der Waals surface area contributed by atoms with Gasteiger partial charge in [0.1, 0.15) is 0 Å². The van der Waals surface area contributed by atoms with Crippen molar-refractivity contribution >= 4 is 23.1 Å². The Kier molecular flexibility index (Phi) is 6.65. The molecule has 1 amide bonds. The normalized spacial score (nSPS) is 19.7. The van der Waals surface area contributed by atoms with E-state index < -0.39 is 18.1 Å². The number of allylic oxidation sites excluding steroid dienone is 1. The SMILES string of the molecule is Cc1ccc([C@H]2C3=C(C[C@H](c4ccc(C(C)(C)C)cc4)CC3=O)Nc3ccccc3N2C(=O)C(F)(F)F)cc1. The molecule has 0 saturated heterocycles. The maximum atomic E-state index is 14.0. The van der Waals surface area contributed by atoms with E-state index in [4.69, 9.17) is 0 Å². The number of rotatable bonds is 2. The summed E-state index contributed by atoms with van der Waals surface area (Å²) in [5, 5.41) is 3.27. The number of Topliss-reactive ketones (excluding diaryl/α,β-unsaturated/α-hetero) is 1. The summed E-state index contributed by atoms with van der Waals surface area (Å²) in [5.74, 6) is -2.43. The van der Waals surface area contributed by atoms with Crippen molar-refractivity contribution in [1.82, 2.24) is 0 Å². The highest BCUT2D eigenvalue weighted by Gasteiger charge is 2.49. The van der Waals surface area contributed by atoms with Gasteiger partial charge in [0.2, 0.25) is 0 Å². The molecule has 1 aliphatic carbocycles. The average Bonchev–Trinajstić information content (AvgIpc) is 3.02. The number of nitrogens with one attached hydrogen (secondary N) is 1. The maximum Gasteiger partial charge on any atom is 0.471 e. The molecule has 39 heavy (non-hydrogen) atoms. The first-order valence-electron chi connectivity index (χ1n) is 13.0. The van der Waals surface area contributed by atoms with Crippen molar-refractivity contribution < 1.29 is 22.8 Å². The van der Waals surface area contributed by atoms with E-state index in [0.717, 1.165) is 16.0 Å². The molecular formula is C32H31F3N2O2. The lowest BCUT2D eigenvalue weighted by molar-refractivity contribution is -0.170. The predicted octanol–water partition coefficient (Wildman–Crippen LogP) is 7.76. The van der Waals surface area contributed by atoms with Crippen molar-refractivity contribution in [2.24, 2.45) is 0 Å². The molecule has 1 heterocycles. The lowest BCUT2D eigenvalue weighted by Crippen LogP contribution is -2.45. The van der Waals surface area contributed by atoms with E-state index in [-0.39, 0.29) is 34.8 Å². The topological polar surface area (TPSA) is 49.4 Å². The molecule has 1 N–H and O–H groups in total. The third-order valence-electron chi connectivity index (χ3n) is 7.59. The smallest absolute Gasteiger partial charge is 0.357 e. The van der Waals surface area contributed by atoms with E-state index in [0.29, 0.717) is 23.4 Å². The molecule has 1 aliphatic heterocycles. The summed E-state index contributed by atoms with van der Waals surface area (Å²) in [7, 11) is 0. The molecule has 4 nitrogen and oxygen atoms in total. The minimum atomic E-state index is -5.13. The predicted molar refractivity (Wildman–Crippen MR) is 147 cm³/mol. The number of halogens is 3. The number of nitrogens with zero attached hydrogens (tertiary/aromatic N) is 1. The zero-order chi connectivity index (χ0) is 28.1. The van der Waals surface area contributed by atoms with Crippen LogP contribution in [-0.4, -0.2) is 17.9 Å². The van der Waals surface area contributed by atoms with Gasteiger partial charge in [-0.25, -0.2) is 0 Å². The van der Waals surface area contributed by atoms with Gasteiger partial charge in [-0.15, -0.1) is 0 Å². The number of amides is 1. The highest BCUT2D eigenvalue weighted by atomic mass is 19.4. The maximum absolute atomic E-state index is 14.0. The fourth-order valence-electron chi connectivity index (χ4n) is 5.51. The molecule has 202 valence electrons. The van der Waals surface area contributed by atoms with Gasteiger partial charge in [-0.2, -0.15) is 13.2 Å². The van der Waals surface area contributed by atoms with E-state index in [2.05, 4.69) is 38.2 Å². The number of ketones is 1. The molecule has 3 aromatic carbocycles. The summed E-state index contributed by atoms with van der Waals surface area (Å²) in [6.07, 6.45) is -4.56. The van der Waals surface area contributed by atoms with Crippen molar-refractivity contribution in [1.29, 1.82) is 0 Å². The van der Waals surface area contributed by atoms with Crippen LogP contribution < -0.4 is 10.2 Å². The van der Waals surface area contributed by atoms with Gasteiger partial charge < -0.3 is 5.32 Å². The van der Waals surface area contributed by atoms with Crippen LogP contribution in [0.25, 0.3) is 0 Å². The van der Waals surface area contributed by atoms with E-state index in [1.54, 1.807) is 42.5 Å². The molecule has 3 aromatic rings. The van der Waals surface area contributed by atoms with Crippen LogP contribution in [0.15, 0.2) is 84.1 Å². The van der Waals surface area contributed by atoms with E-state index >= 15 is 0 Å². The van der Waals surface area contributed by atoms with Crippen molar-refractivity contribution in [3.63, 3.8) is 0 Å². The molecular weight excluding hydrogens is 501 g/mol. The first-order valence-corrected chi connectivity index (χ1v) is 13.0. The molecule has 0 saturated carbocycles. The fourth-order valence-corrected chi connectivity index (χ4v) is 5.51. The largest absolute Gasteiger partial charge is 0.471 e. The van der Waals surface area contributed by atoms with Gasteiger partial charge in [0.25, 0.3) is 0 Å². The van der Waals surface area contributed by atoms with Crippen LogP contribution in [-0.2, 0) is 15.0 Å². The molecule has 7 heteroatoms. The Morgan fingerprint density at radius 3 is 2.10 bits per heavy atom. The number of carbonyl (C=O) groups excluding carboxylic acids is 2. The van der Waals surface area contributed by atoms with Crippen LogP contribution in [0, 0.1) is 6.92 Å². The Labute approximate surface area is 226 Å². The van der Waals surface area contributed by atoms with Gasteiger partial charge in [0.05, 0.1) is 17.4 Å². The number of aryl methyl sites for hydroxylation is 1. The monoisotopic (exact) mass is 532 g/mol. The minimum Gasteiger partial charge on any atom is -0.357 e. The Morgan fingerprint density at radius 2 is 1.49 bits per heavy atom. The summed E-state index contributed by atoms with van der Waals surface area (Å²) in [5.41, 5.74) is 4.72. The molecule has 0 radical (unpaired) electrons. The number of alkyl halides is 3. The van der Waals surface area contributed by atoms with Crippen molar-refractivity contribution in [3.8, 4) is 0 Å². The van der Waals surface area contributed by atoms with Crippen LogP contribution in [0.4, 0.5) is 24.5 Å². The first-order chi connectivity index (χ1) is 18.3. The molecule has 0 spiro atoms. The second kappa shape index (κ2) is 9.70. The Bertz CT molecular complexity index is 1450. The van der Waals surface area contributed by atoms with Crippen LogP contribution >= 0.6 is 0 Å². The summed E-state index contributed by atoms with van der Waals surface area (Å²) in [4.78, 5) is 27.6. The van der Waals surface area contributed by atoms with E-state index in [9.17, 15) is 22.8 Å². The van der Waals surface area contributed by atoms with Gasteiger partial charge >= 0.3 is 12.1 Å². The number of para-hydroxylation sites is 2. The van der Waals surface area contributed by atoms with Gasteiger partial charge in [0, 0.05) is 17.7 Å². The summed E-state index contributed by atoms with van der Waals surface area (Å²) < 4.78 is 42.1. The zero-order valence-electron chi connectivity index (χ0n) is 22.4. The highest BCUT2D eigenvalue weighted by Crippen LogP contribution is 2.48. The molecule has 0 unspecified atom stereocenters. The highest BCUT2D eigenvalue weighted by molar-refractivity contribution is 6.07. The van der Waals surface area contributed by atoms with Crippen LogP contribution in [0.3, 0.4) is 0 Å². The Morgan fingerprint density at radius 1 is 0.872 bits per heavy atom. The third kappa shape index (κ3) is 5.10. The summed E-state index contributed by atoms with van der Waals surface area (Å²) in [6, 6.07) is 20.3. The lowest BCUT2D eigenvalue weighted by Gasteiger charge is -2.35. The van der Waals surface area contributed by atoms with Crippen molar-refractivity contribution in [2.75, 3.05) is 10.2 Å². The molecule has 5 rings (SSSR count).